The molecule has 100 valence electrons. The Labute approximate surface area is 112 Å². The number of anilines is 1. The fourth-order valence-electron chi connectivity index (χ4n) is 2.18. The number of hydrogen-bond acceptors (Lipinski definition) is 5. The number of aliphatic hydroxyl groups is 1. The second-order valence-corrected chi connectivity index (χ2v) is 5.60. The first-order chi connectivity index (χ1) is 8.44. The molecule has 1 aliphatic rings. The van der Waals surface area contributed by atoms with Gasteiger partial charge in [-0.25, -0.2) is 9.97 Å². The van der Waals surface area contributed by atoms with E-state index in [1.165, 1.54) is 0 Å². The van der Waals surface area contributed by atoms with Gasteiger partial charge in [-0.3, -0.25) is 4.90 Å². The first-order valence-electron chi connectivity index (χ1n) is 6.12. The minimum atomic E-state index is -0.638. The molecule has 0 amide bonds. The van der Waals surface area contributed by atoms with E-state index in [0.717, 1.165) is 32.0 Å². The van der Waals surface area contributed by atoms with E-state index in [-0.39, 0.29) is 5.28 Å². The summed E-state index contributed by atoms with van der Waals surface area (Å²) < 4.78 is 0. The van der Waals surface area contributed by atoms with Crippen LogP contribution in [0.4, 0.5) is 5.82 Å². The minimum Gasteiger partial charge on any atom is -0.389 e. The van der Waals surface area contributed by atoms with E-state index in [1.54, 1.807) is 6.20 Å². The van der Waals surface area contributed by atoms with Gasteiger partial charge in [0.2, 0.25) is 5.28 Å². The molecule has 1 fully saturated rings. The van der Waals surface area contributed by atoms with Gasteiger partial charge < -0.3 is 10.0 Å². The van der Waals surface area contributed by atoms with Crippen LogP contribution in [0.3, 0.4) is 0 Å². The fraction of sp³-hybridized carbons (Fsp3) is 0.667. The molecule has 1 aliphatic heterocycles. The third-order valence-corrected chi connectivity index (χ3v) is 3.10. The van der Waals surface area contributed by atoms with Crippen LogP contribution < -0.4 is 4.90 Å². The number of rotatable bonds is 3. The van der Waals surface area contributed by atoms with E-state index in [0.29, 0.717) is 6.54 Å². The largest absolute Gasteiger partial charge is 0.389 e. The number of piperazine rings is 1. The summed E-state index contributed by atoms with van der Waals surface area (Å²) in [6.45, 7) is 8.00. The summed E-state index contributed by atoms with van der Waals surface area (Å²) in [6, 6.07) is 1.87. The van der Waals surface area contributed by atoms with Crippen LogP contribution in [-0.4, -0.2) is 58.3 Å². The lowest BCUT2D eigenvalue weighted by Crippen LogP contribution is -2.50. The second-order valence-electron chi connectivity index (χ2n) is 5.26. The summed E-state index contributed by atoms with van der Waals surface area (Å²) in [4.78, 5) is 12.5. The van der Waals surface area contributed by atoms with Crippen molar-refractivity contribution in [1.82, 2.24) is 14.9 Å². The lowest BCUT2D eigenvalue weighted by molar-refractivity contribution is 0.0344. The highest BCUT2D eigenvalue weighted by atomic mass is 35.5. The lowest BCUT2D eigenvalue weighted by atomic mass is 10.1. The Kier molecular flexibility index (Phi) is 4.04. The van der Waals surface area contributed by atoms with Crippen molar-refractivity contribution in [3.63, 3.8) is 0 Å². The van der Waals surface area contributed by atoms with E-state index in [9.17, 15) is 5.11 Å². The molecule has 0 spiro atoms. The van der Waals surface area contributed by atoms with Crippen LogP contribution in [0.25, 0.3) is 0 Å². The average Bonchev–Trinajstić information content (AvgIpc) is 2.28. The Morgan fingerprint density at radius 2 is 2.00 bits per heavy atom. The van der Waals surface area contributed by atoms with Gasteiger partial charge in [-0.15, -0.1) is 0 Å². The second kappa shape index (κ2) is 5.38. The minimum absolute atomic E-state index is 0.284. The molecule has 0 aromatic carbocycles. The summed E-state index contributed by atoms with van der Waals surface area (Å²) >= 11 is 5.79. The smallest absolute Gasteiger partial charge is 0.224 e. The van der Waals surface area contributed by atoms with Crippen molar-refractivity contribution in [3.05, 3.63) is 17.5 Å². The Morgan fingerprint density at radius 3 is 2.56 bits per heavy atom. The van der Waals surface area contributed by atoms with Crippen molar-refractivity contribution in [2.24, 2.45) is 0 Å². The molecular weight excluding hydrogens is 252 g/mol. The molecule has 1 aromatic rings. The quantitative estimate of drug-likeness (QED) is 0.832. The van der Waals surface area contributed by atoms with E-state index in [2.05, 4.69) is 19.8 Å². The Hall–Kier alpha value is -0.910. The van der Waals surface area contributed by atoms with Crippen LogP contribution in [-0.2, 0) is 0 Å². The molecule has 2 rings (SSSR count). The predicted octanol–water partition coefficient (Wildman–Crippen LogP) is 1.02. The van der Waals surface area contributed by atoms with Crippen molar-refractivity contribution in [3.8, 4) is 0 Å². The Bertz CT molecular complexity index is 399. The molecule has 0 radical (unpaired) electrons. The molecule has 0 atom stereocenters. The Balaban J connectivity index is 1.91. The fourth-order valence-corrected chi connectivity index (χ4v) is 2.33. The van der Waals surface area contributed by atoms with Gasteiger partial charge in [-0.2, -0.15) is 0 Å². The van der Waals surface area contributed by atoms with E-state index in [1.807, 2.05) is 19.9 Å². The monoisotopic (exact) mass is 270 g/mol. The zero-order chi connectivity index (χ0) is 13.2. The molecule has 1 saturated heterocycles. The highest BCUT2D eigenvalue weighted by Gasteiger charge is 2.23. The Morgan fingerprint density at radius 1 is 1.33 bits per heavy atom. The van der Waals surface area contributed by atoms with Gasteiger partial charge in [-0.05, 0) is 31.5 Å². The van der Waals surface area contributed by atoms with Crippen LogP contribution in [0.5, 0.6) is 0 Å². The molecule has 2 heterocycles. The normalized spacial score (nSPS) is 18.1. The number of aromatic nitrogens is 2. The average molecular weight is 271 g/mol. The summed E-state index contributed by atoms with van der Waals surface area (Å²) in [5, 5.41) is 10.1. The summed E-state index contributed by atoms with van der Waals surface area (Å²) in [7, 11) is 0. The van der Waals surface area contributed by atoms with Gasteiger partial charge in [-0.1, -0.05) is 0 Å². The highest BCUT2D eigenvalue weighted by molar-refractivity contribution is 6.28. The van der Waals surface area contributed by atoms with Gasteiger partial charge in [0.05, 0.1) is 5.60 Å². The number of halogens is 1. The molecule has 0 bridgehead atoms. The van der Waals surface area contributed by atoms with Crippen LogP contribution in [0.15, 0.2) is 12.3 Å². The maximum Gasteiger partial charge on any atom is 0.224 e. The lowest BCUT2D eigenvalue weighted by Gasteiger charge is -2.37. The maximum absolute atomic E-state index is 9.80. The van der Waals surface area contributed by atoms with Gasteiger partial charge in [0.15, 0.2) is 0 Å². The molecule has 6 heteroatoms. The third kappa shape index (κ3) is 3.80. The topological polar surface area (TPSA) is 52.5 Å². The van der Waals surface area contributed by atoms with E-state index < -0.39 is 5.60 Å². The standard InChI is InChI=1S/C12H19ClN4O/c1-12(2,18)9-16-5-7-17(8-6-16)10-3-4-14-11(13)15-10/h3-4,18H,5-9H2,1-2H3. The van der Waals surface area contributed by atoms with Crippen molar-refractivity contribution < 1.29 is 5.11 Å². The number of β-amino-alcohol motifs (C(OH)–C–C–N with tert-alkyl or cyclic N) is 1. The van der Waals surface area contributed by atoms with Crippen molar-refractivity contribution in [1.29, 1.82) is 0 Å². The first-order valence-corrected chi connectivity index (χ1v) is 6.50. The zero-order valence-corrected chi connectivity index (χ0v) is 11.6. The molecule has 5 nitrogen and oxygen atoms in total. The van der Waals surface area contributed by atoms with Crippen LogP contribution in [0.2, 0.25) is 5.28 Å². The molecule has 0 saturated carbocycles. The first kappa shape index (κ1) is 13.5. The number of hydrogen-bond donors (Lipinski definition) is 1. The SMILES string of the molecule is CC(C)(O)CN1CCN(c2ccnc(Cl)n2)CC1. The molecule has 0 unspecified atom stereocenters. The molecule has 0 aliphatic carbocycles. The van der Waals surface area contributed by atoms with Crippen molar-refractivity contribution >= 4 is 17.4 Å². The van der Waals surface area contributed by atoms with Crippen molar-refractivity contribution in [2.45, 2.75) is 19.4 Å². The van der Waals surface area contributed by atoms with E-state index >= 15 is 0 Å². The van der Waals surface area contributed by atoms with Gasteiger partial charge in [0.25, 0.3) is 0 Å². The van der Waals surface area contributed by atoms with Crippen LogP contribution >= 0.6 is 11.6 Å². The predicted molar refractivity (Wildman–Crippen MR) is 72.0 cm³/mol. The molecule has 18 heavy (non-hydrogen) atoms. The van der Waals surface area contributed by atoms with Gasteiger partial charge in [0.1, 0.15) is 5.82 Å². The van der Waals surface area contributed by atoms with Gasteiger partial charge in [0, 0.05) is 38.9 Å². The molecule has 1 aromatic heterocycles. The highest BCUT2D eigenvalue weighted by Crippen LogP contribution is 2.15. The van der Waals surface area contributed by atoms with Crippen LogP contribution in [0.1, 0.15) is 13.8 Å². The molecule has 1 N–H and O–H groups in total. The zero-order valence-electron chi connectivity index (χ0n) is 10.8. The third-order valence-electron chi connectivity index (χ3n) is 2.92. The maximum atomic E-state index is 9.80. The van der Waals surface area contributed by atoms with E-state index in [4.69, 9.17) is 11.6 Å². The van der Waals surface area contributed by atoms with Gasteiger partial charge >= 0.3 is 0 Å². The summed E-state index contributed by atoms with van der Waals surface area (Å²) in [5.74, 6) is 0.873. The molecular formula is C12H19ClN4O. The summed E-state index contributed by atoms with van der Waals surface area (Å²) in [5.41, 5.74) is -0.638. The van der Waals surface area contributed by atoms with Crippen LogP contribution in [0, 0.1) is 0 Å². The summed E-state index contributed by atoms with van der Waals surface area (Å²) in [6.07, 6.45) is 1.67. The number of nitrogens with zero attached hydrogens (tertiary/aromatic N) is 4. The van der Waals surface area contributed by atoms with Crippen molar-refractivity contribution in [2.75, 3.05) is 37.6 Å².